The summed E-state index contributed by atoms with van der Waals surface area (Å²) >= 11 is 0. The summed E-state index contributed by atoms with van der Waals surface area (Å²) in [6.45, 7) is 2.48. The molecule has 2 rings (SSSR count). The molecule has 0 saturated heterocycles. The Balaban J connectivity index is 2.22. The summed E-state index contributed by atoms with van der Waals surface area (Å²) in [5, 5.41) is 14.1. The van der Waals surface area contributed by atoms with Crippen LogP contribution in [0.4, 0.5) is 11.5 Å². The number of nitrogens with zero attached hydrogens (tertiary/aromatic N) is 3. The van der Waals surface area contributed by atoms with Crippen LogP contribution in [-0.2, 0) is 6.54 Å². The summed E-state index contributed by atoms with van der Waals surface area (Å²) in [5.41, 5.74) is 0.753. The highest BCUT2D eigenvalue weighted by Gasteiger charge is 2.23. The van der Waals surface area contributed by atoms with Gasteiger partial charge >= 0.3 is 5.69 Å². The predicted molar refractivity (Wildman–Crippen MR) is 73.6 cm³/mol. The first-order valence-corrected chi connectivity index (χ1v) is 6.12. The van der Waals surface area contributed by atoms with Gasteiger partial charge in [0.25, 0.3) is 5.88 Å². The van der Waals surface area contributed by atoms with Crippen LogP contribution in [0, 0.1) is 10.1 Å². The number of benzene rings is 1. The van der Waals surface area contributed by atoms with Crippen molar-refractivity contribution in [3.05, 3.63) is 52.3 Å². The second-order valence-corrected chi connectivity index (χ2v) is 3.91. The van der Waals surface area contributed by atoms with E-state index in [9.17, 15) is 10.1 Å². The van der Waals surface area contributed by atoms with Gasteiger partial charge in [0.05, 0.1) is 11.5 Å². The number of ether oxygens (including phenoxy) is 1. The van der Waals surface area contributed by atoms with E-state index >= 15 is 0 Å². The second kappa shape index (κ2) is 6.46. The molecule has 0 atom stereocenters. The van der Waals surface area contributed by atoms with Gasteiger partial charge in [-0.15, -0.1) is 0 Å². The quantitative estimate of drug-likeness (QED) is 0.642. The Labute approximate surface area is 115 Å². The minimum atomic E-state index is -0.543. The van der Waals surface area contributed by atoms with Crippen LogP contribution in [0.3, 0.4) is 0 Å². The number of nitrogens with one attached hydrogen (secondary N) is 1. The summed E-state index contributed by atoms with van der Waals surface area (Å²) in [6, 6.07) is 9.55. The van der Waals surface area contributed by atoms with Gasteiger partial charge in [0.2, 0.25) is 5.82 Å². The van der Waals surface area contributed by atoms with Gasteiger partial charge in [-0.2, -0.15) is 4.98 Å². The maximum atomic E-state index is 11.1. The fraction of sp³-hybridized carbons (Fsp3) is 0.231. The molecule has 0 bridgehead atoms. The first kappa shape index (κ1) is 13.7. The zero-order chi connectivity index (χ0) is 14.4. The highest BCUT2D eigenvalue weighted by Crippen LogP contribution is 2.30. The standard InChI is InChI=1S/C13H14N4O3/c1-2-20-13-11(17(18)19)12(15-9-16-13)14-8-10-6-4-3-5-7-10/h3-7,9H,2,8H2,1H3,(H,14,15,16). The van der Waals surface area contributed by atoms with Crippen LogP contribution in [0.2, 0.25) is 0 Å². The Bertz CT molecular complexity index is 589. The van der Waals surface area contributed by atoms with E-state index in [1.807, 2.05) is 30.3 Å². The molecular formula is C13H14N4O3. The van der Waals surface area contributed by atoms with Crippen molar-refractivity contribution in [1.29, 1.82) is 0 Å². The molecule has 0 spiro atoms. The number of rotatable bonds is 6. The normalized spacial score (nSPS) is 10.1. The average molecular weight is 274 g/mol. The van der Waals surface area contributed by atoms with Gasteiger partial charge in [0, 0.05) is 6.54 Å². The van der Waals surface area contributed by atoms with E-state index in [2.05, 4.69) is 15.3 Å². The minimum Gasteiger partial charge on any atom is -0.473 e. The largest absolute Gasteiger partial charge is 0.473 e. The lowest BCUT2D eigenvalue weighted by Crippen LogP contribution is -2.08. The Morgan fingerprint density at radius 1 is 1.30 bits per heavy atom. The Morgan fingerprint density at radius 3 is 2.70 bits per heavy atom. The molecule has 0 amide bonds. The summed E-state index contributed by atoms with van der Waals surface area (Å²) in [6.07, 6.45) is 1.24. The molecule has 20 heavy (non-hydrogen) atoms. The SMILES string of the molecule is CCOc1ncnc(NCc2ccccc2)c1[N+](=O)[O-]. The molecule has 1 heterocycles. The van der Waals surface area contributed by atoms with Crippen molar-refractivity contribution in [3.8, 4) is 5.88 Å². The molecule has 1 N–H and O–H groups in total. The van der Waals surface area contributed by atoms with Crippen molar-refractivity contribution in [2.75, 3.05) is 11.9 Å². The summed E-state index contributed by atoms with van der Waals surface area (Å²) in [7, 11) is 0. The van der Waals surface area contributed by atoms with E-state index in [1.54, 1.807) is 6.92 Å². The average Bonchev–Trinajstić information content (AvgIpc) is 2.46. The zero-order valence-electron chi connectivity index (χ0n) is 10.9. The van der Waals surface area contributed by atoms with Gasteiger partial charge in [0.1, 0.15) is 6.33 Å². The molecule has 104 valence electrons. The lowest BCUT2D eigenvalue weighted by Gasteiger charge is -2.08. The monoisotopic (exact) mass is 274 g/mol. The maximum Gasteiger partial charge on any atom is 0.372 e. The van der Waals surface area contributed by atoms with Crippen LogP contribution >= 0.6 is 0 Å². The molecule has 7 heteroatoms. The fourth-order valence-corrected chi connectivity index (χ4v) is 1.68. The van der Waals surface area contributed by atoms with Crippen LogP contribution in [0.15, 0.2) is 36.7 Å². The molecule has 1 aromatic heterocycles. The van der Waals surface area contributed by atoms with Crippen LogP contribution in [-0.4, -0.2) is 21.5 Å². The van der Waals surface area contributed by atoms with Crippen LogP contribution in [0.25, 0.3) is 0 Å². The molecular weight excluding hydrogens is 260 g/mol. The van der Waals surface area contributed by atoms with Gasteiger partial charge < -0.3 is 10.1 Å². The van der Waals surface area contributed by atoms with Crippen molar-refractivity contribution in [1.82, 2.24) is 9.97 Å². The highest BCUT2D eigenvalue weighted by atomic mass is 16.6. The van der Waals surface area contributed by atoms with E-state index in [-0.39, 0.29) is 17.4 Å². The lowest BCUT2D eigenvalue weighted by atomic mass is 10.2. The van der Waals surface area contributed by atoms with E-state index < -0.39 is 4.92 Å². The van der Waals surface area contributed by atoms with Crippen LogP contribution < -0.4 is 10.1 Å². The molecule has 0 aliphatic carbocycles. The zero-order valence-corrected chi connectivity index (χ0v) is 10.9. The molecule has 1 aromatic carbocycles. The third-order valence-electron chi connectivity index (χ3n) is 2.56. The van der Waals surface area contributed by atoms with E-state index in [1.165, 1.54) is 6.33 Å². The summed E-state index contributed by atoms with van der Waals surface area (Å²) in [4.78, 5) is 18.3. The Kier molecular flexibility index (Phi) is 4.43. The molecule has 2 aromatic rings. The van der Waals surface area contributed by atoms with Gasteiger partial charge in [-0.1, -0.05) is 30.3 Å². The summed E-state index contributed by atoms with van der Waals surface area (Å²) in [5.74, 6) is 0.125. The number of nitro groups is 1. The lowest BCUT2D eigenvalue weighted by molar-refractivity contribution is -0.385. The Hall–Kier alpha value is -2.70. The van der Waals surface area contributed by atoms with Crippen molar-refractivity contribution >= 4 is 11.5 Å². The number of anilines is 1. The van der Waals surface area contributed by atoms with Crippen molar-refractivity contribution < 1.29 is 9.66 Å². The number of hydrogen-bond acceptors (Lipinski definition) is 6. The third-order valence-corrected chi connectivity index (χ3v) is 2.56. The maximum absolute atomic E-state index is 11.1. The minimum absolute atomic E-state index is 0.0249. The topological polar surface area (TPSA) is 90.2 Å². The number of aromatic nitrogens is 2. The predicted octanol–water partition coefficient (Wildman–Crippen LogP) is 2.40. The second-order valence-electron chi connectivity index (χ2n) is 3.91. The van der Waals surface area contributed by atoms with Crippen LogP contribution in [0.1, 0.15) is 12.5 Å². The number of hydrogen-bond donors (Lipinski definition) is 1. The van der Waals surface area contributed by atoms with Crippen molar-refractivity contribution in [3.63, 3.8) is 0 Å². The summed E-state index contributed by atoms with van der Waals surface area (Å²) < 4.78 is 5.16. The molecule has 0 fully saturated rings. The van der Waals surface area contributed by atoms with Gasteiger partial charge in [0.15, 0.2) is 0 Å². The highest BCUT2D eigenvalue weighted by molar-refractivity contribution is 5.61. The molecule has 0 unspecified atom stereocenters. The van der Waals surface area contributed by atoms with E-state index in [0.717, 1.165) is 5.56 Å². The van der Waals surface area contributed by atoms with E-state index in [4.69, 9.17) is 4.74 Å². The smallest absolute Gasteiger partial charge is 0.372 e. The van der Waals surface area contributed by atoms with E-state index in [0.29, 0.717) is 13.2 Å². The van der Waals surface area contributed by atoms with Crippen molar-refractivity contribution in [2.45, 2.75) is 13.5 Å². The molecule has 0 aliphatic rings. The molecule has 0 aliphatic heterocycles. The first-order valence-electron chi connectivity index (χ1n) is 6.12. The Morgan fingerprint density at radius 2 is 2.05 bits per heavy atom. The third kappa shape index (κ3) is 3.19. The van der Waals surface area contributed by atoms with Gasteiger partial charge in [-0.25, -0.2) is 4.98 Å². The van der Waals surface area contributed by atoms with Gasteiger partial charge in [-0.3, -0.25) is 10.1 Å². The fourth-order valence-electron chi connectivity index (χ4n) is 1.68. The first-order chi connectivity index (χ1) is 9.72. The van der Waals surface area contributed by atoms with Gasteiger partial charge in [-0.05, 0) is 12.5 Å². The van der Waals surface area contributed by atoms with Crippen molar-refractivity contribution in [2.24, 2.45) is 0 Å². The van der Waals surface area contributed by atoms with Crippen LogP contribution in [0.5, 0.6) is 5.88 Å². The molecule has 7 nitrogen and oxygen atoms in total. The molecule has 0 radical (unpaired) electrons. The molecule has 0 saturated carbocycles.